The van der Waals surface area contributed by atoms with Gasteiger partial charge in [-0.1, -0.05) is 41.9 Å². The van der Waals surface area contributed by atoms with Crippen molar-refractivity contribution in [1.29, 1.82) is 0 Å². The minimum atomic E-state index is -4.48. The summed E-state index contributed by atoms with van der Waals surface area (Å²) in [4.78, 5) is 14.3. The first-order valence-corrected chi connectivity index (χ1v) is 10.6. The largest absolute Gasteiger partial charge is 0.416 e. The summed E-state index contributed by atoms with van der Waals surface area (Å²) in [7, 11) is 0. The van der Waals surface area contributed by atoms with Crippen molar-refractivity contribution in [3.8, 4) is 0 Å². The molecule has 0 saturated carbocycles. The molecule has 0 bridgehead atoms. The molecule has 2 aliphatic rings. The quantitative estimate of drug-likeness (QED) is 0.611. The highest BCUT2D eigenvalue weighted by molar-refractivity contribution is 6.31. The highest BCUT2D eigenvalue weighted by Gasteiger charge is 2.51. The number of likely N-dealkylation sites (tertiary alicyclic amines) is 1. The number of rotatable bonds is 2. The summed E-state index contributed by atoms with van der Waals surface area (Å²) in [5.41, 5.74) is -0.291. The molecule has 0 radical (unpaired) electrons. The number of amides is 1. The third-order valence-corrected chi connectivity index (χ3v) is 6.83. The second-order valence-electron chi connectivity index (χ2n) is 8.64. The molecule has 2 aromatic rings. The van der Waals surface area contributed by atoms with Crippen molar-refractivity contribution >= 4 is 23.6 Å². The van der Waals surface area contributed by atoms with E-state index in [-0.39, 0.29) is 16.9 Å². The smallest absolute Gasteiger partial charge is 0.385 e. The summed E-state index contributed by atoms with van der Waals surface area (Å²) in [5, 5.41) is 11.5. The van der Waals surface area contributed by atoms with Gasteiger partial charge in [0.05, 0.1) is 11.2 Å². The molecule has 1 N–H and O–H groups in total. The molecule has 2 aromatic carbocycles. The summed E-state index contributed by atoms with van der Waals surface area (Å²) in [6.45, 7) is 2.69. The molecule has 164 valence electrons. The highest BCUT2D eigenvalue weighted by atomic mass is 35.5. The van der Waals surface area contributed by atoms with Crippen LogP contribution < -0.4 is 0 Å². The Morgan fingerprint density at radius 1 is 1.13 bits per heavy atom. The maximum atomic E-state index is 13.2. The van der Waals surface area contributed by atoms with Crippen LogP contribution in [0.25, 0.3) is 6.08 Å². The third kappa shape index (κ3) is 3.99. The molecule has 3 nitrogen and oxygen atoms in total. The van der Waals surface area contributed by atoms with E-state index in [1.165, 1.54) is 30.4 Å². The maximum Gasteiger partial charge on any atom is 0.416 e. The molecular weight excluding hydrogens is 427 g/mol. The van der Waals surface area contributed by atoms with E-state index in [9.17, 15) is 23.1 Å². The summed E-state index contributed by atoms with van der Waals surface area (Å²) in [6, 6.07) is 10.7. The van der Waals surface area contributed by atoms with Crippen LogP contribution in [0.5, 0.6) is 0 Å². The second kappa shape index (κ2) is 7.68. The zero-order chi connectivity index (χ0) is 22.4. The molecule has 1 saturated heterocycles. The molecule has 1 unspecified atom stereocenters. The van der Waals surface area contributed by atoms with Crippen molar-refractivity contribution in [1.82, 2.24) is 4.90 Å². The maximum absolute atomic E-state index is 13.2. The number of carbonyl (C=O) groups excluding carboxylic acids is 1. The van der Waals surface area contributed by atoms with Gasteiger partial charge in [-0.25, -0.2) is 0 Å². The van der Waals surface area contributed by atoms with Crippen LogP contribution in [0.4, 0.5) is 13.2 Å². The summed E-state index contributed by atoms with van der Waals surface area (Å²) < 4.78 is 39.5. The number of halogens is 4. The predicted octanol–water partition coefficient (Wildman–Crippen LogP) is 5.54. The number of alkyl halides is 3. The molecule has 1 aliphatic heterocycles. The Morgan fingerprint density at radius 3 is 2.48 bits per heavy atom. The monoisotopic (exact) mass is 449 g/mol. The molecule has 1 fully saturated rings. The van der Waals surface area contributed by atoms with Crippen LogP contribution in [0.1, 0.15) is 48.4 Å². The third-order valence-electron chi connectivity index (χ3n) is 6.51. The fourth-order valence-electron chi connectivity index (χ4n) is 5.10. The topological polar surface area (TPSA) is 40.5 Å². The second-order valence-corrected chi connectivity index (χ2v) is 9.04. The number of nitrogens with zero attached hydrogens (tertiary/aromatic N) is 1. The molecule has 1 aliphatic carbocycles. The Labute approximate surface area is 184 Å². The van der Waals surface area contributed by atoms with Gasteiger partial charge in [0.15, 0.2) is 0 Å². The molecule has 1 amide bonds. The Morgan fingerprint density at radius 2 is 1.81 bits per heavy atom. The summed E-state index contributed by atoms with van der Waals surface area (Å²) in [6.07, 6.45) is -0.239. The van der Waals surface area contributed by atoms with Gasteiger partial charge in [-0.15, -0.1) is 0 Å². The van der Waals surface area contributed by atoms with Crippen LogP contribution >= 0.6 is 11.6 Å². The van der Waals surface area contributed by atoms with E-state index in [0.717, 1.165) is 17.2 Å². The fourth-order valence-corrected chi connectivity index (χ4v) is 5.48. The number of piperidine rings is 1. The summed E-state index contributed by atoms with van der Waals surface area (Å²) in [5.74, 6) is -0.323. The van der Waals surface area contributed by atoms with Gasteiger partial charge in [-0.05, 0) is 61.1 Å². The SMILES string of the molecule is CC1(O)CC2(CCN(C(=O)/C=C/c3ccccc3C(F)(F)F)CC2)c2c(Cl)cccc21. The molecular formula is C24H23ClF3NO2. The van der Waals surface area contributed by atoms with Crippen LogP contribution in [0, 0.1) is 0 Å². The van der Waals surface area contributed by atoms with E-state index in [0.29, 0.717) is 37.4 Å². The van der Waals surface area contributed by atoms with E-state index in [1.807, 2.05) is 18.2 Å². The average molecular weight is 450 g/mol. The van der Waals surface area contributed by atoms with E-state index >= 15 is 0 Å². The fraction of sp³-hybridized carbons (Fsp3) is 0.375. The number of fused-ring (bicyclic) bond motifs is 2. The van der Waals surface area contributed by atoms with Gasteiger partial charge in [-0.3, -0.25) is 4.79 Å². The lowest BCUT2D eigenvalue weighted by Gasteiger charge is -2.40. The lowest BCUT2D eigenvalue weighted by molar-refractivity contribution is -0.137. The standard InChI is InChI=1S/C24H23ClF3NO2/c1-22(31)15-23(21-18(22)7-4-8-19(21)25)11-13-29(14-12-23)20(30)10-9-16-5-2-3-6-17(16)24(26,27)28/h2-10,31H,11-15H2,1H3/b10-9+. The number of hydrogen-bond donors (Lipinski definition) is 1. The van der Waals surface area contributed by atoms with Gasteiger partial charge >= 0.3 is 6.18 Å². The van der Waals surface area contributed by atoms with Crippen molar-refractivity contribution in [2.24, 2.45) is 0 Å². The Hall–Kier alpha value is -2.31. The highest BCUT2D eigenvalue weighted by Crippen LogP contribution is 2.55. The van der Waals surface area contributed by atoms with Crippen molar-refractivity contribution in [2.75, 3.05) is 13.1 Å². The molecule has 1 atom stereocenters. The number of hydrogen-bond acceptors (Lipinski definition) is 2. The van der Waals surface area contributed by atoms with Gasteiger partial charge in [0.25, 0.3) is 0 Å². The first-order chi connectivity index (χ1) is 14.5. The van der Waals surface area contributed by atoms with Gasteiger partial charge in [0.2, 0.25) is 5.91 Å². The van der Waals surface area contributed by atoms with Crippen LogP contribution in [-0.4, -0.2) is 29.0 Å². The zero-order valence-electron chi connectivity index (χ0n) is 17.0. The lowest BCUT2D eigenvalue weighted by Crippen LogP contribution is -2.44. The zero-order valence-corrected chi connectivity index (χ0v) is 17.8. The van der Waals surface area contributed by atoms with Gasteiger partial charge in [0, 0.05) is 29.6 Å². The summed E-state index contributed by atoms with van der Waals surface area (Å²) >= 11 is 6.49. The van der Waals surface area contributed by atoms with Gasteiger partial charge < -0.3 is 10.0 Å². The van der Waals surface area contributed by atoms with E-state index in [1.54, 1.807) is 11.8 Å². The van der Waals surface area contributed by atoms with Crippen LogP contribution in [0.15, 0.2) is 48.5 Å². The van der Waals surface area contributed by atoms with Crippen LogP contribution in [0.3, 0.4) is 0 Å². The van der Waals surface area contributed by atoms with Crippen LogP contribution in [-0.2, 0) is 22.0 Å². The van der Waals surface area contributed by atoms with Crippen molar-refractivity contribution < 1.29 is 23.1 Å². The molecule has 4 rings (SSSR count). The Balaban J connectivity index is 1.50. The molecule has 31 heavy (non-hydrogen) atoms. The van der Waals surface area contributed by atoms with E-state index in [4.69, 9.17) is 11.6 Å². The first kappa shape index (κ1) is 21.9. The van der Waals surface area contributed by atoms with Crippen LogP contribution in [0.2, 0.25) is 5.02 Å². The number of aliphatic hydroxyl groups is 1. The predicted molar refractivity (Wildman–Crippen MR) is 114 cm³/mol. The van der Waals surface area contributed by atoms with E-state index < -0.39 is 17.3 Å². The number of benzene rings is 2. The minimum Gasteiger partial charge on any atom is -0.385 e. The van der Waals surface area contributed by atoms with Crippen molar-refractivity contribution in [3.05, 3.63) is 75.8 Å². The first-order valence-electron chi connectivity index (χ1n) is 10.2. The normalized spacial score (nSPS) is 22.8. The molecule has 1 spiro atoms. The van der Waals surface area contributed by atoms with Crippen molar-refractivity contribution in [2.45, 2.75) is 43.4 Å². The van der Waals surface area contributed by atoms with Gasteiger partial charge in [-0.2, -0.15) is 13.2 Å². The average Bonchev–Trinajstić information content (AvgIpc) is 2.93. The number of carbonyl (C=O) groups is 1. The van der Waals surface area contributed by atoms with E-state index in [2.05, 4.69) is 0 Å². The van der Waals surface area contributed by atoms with Crippen molar-refractivity contribution in [3.63, 3.8) is 0 Å². The molecule has 1 heterocycles. The Kier molecular flexibility index (Phi) is 5.42. The van der Waals surface area contributed by atoms with Gasteiger partial charge in [0.1, 0.15) is 0 Å². The minimum absolute atomic E-state index is 0.0376. The lowest BCUT2D eigenvalue weighted by atomic mass is 9.73. The Bertz CT molecular complexity index is 1040. The molecule has 7 heteroatoms. The molecule has 0 aromatic heterocycles.